The molecule has 0 aliphatic heterocycles. The quantitative estimate of drug-likeness (QED) is 0.398. The largest absolute Gasteiger partial charge is 0.497 e. The Morgan fingerprint density at radius 2 is 1.65 bits per heavy atom. The predicted octanol–water partition coefficient (Wildman–Crippen LogP) is 4.38. The van der Waals surface area contributed by atoms with Gasteiger partial charge in [-0.1, -0.05) is 5.16 Å². The first kappa shape index (κ1) is 20.7. The van der Waals surface area contributed by atoms with E-state index in [9.17, 15) is 8.42 Å². The Labute approximate surface area is 179 Å². The van der Waals surface area contributed by atoms with Crippen LogP contribution >= 0.6 is 0 Å². The summed E-state index contributed by atoms with van der Waals surface area (Å²) in [7, 11) is -2.06. The van der Waals surface area contributed by atoms with Crippen LogP contribution in [0.3, 0.4) is 0 Å². The van der Waals surface area contributed by atoms with Gasteiger partial charge in [-0.2, -0.15) is 4.98 Å². The second kappa shape index (κ2) is 8.65. The van der Waals surface area contributed by atoms with Crippen LogP contribution in [0.5, 0.6) is 11.5 Å². The third-order valence-electron chi connectivity index (χ3n) is 4.47. The Morgan fingerprint density at radius 1 is 0.935 bits per heavy atom. The Kier molecular flexibility index (Phi) is 5.77. The minimum absolute atomic E-state index is 0.164. The lowest BCUT2D eigenvalue weighted by atomic mass is 10.2. The molecule has 160 valence electrons. The highest BCUT2D eigenvalue weighted by Gasteiger charge is 2.20. The molecule has 8 nitrogen and oxygen atoms in total. The van der Waals surface area contributed by atoms with Crippen molar-refractivity contribution in [2.45, 2.75) is 17.6 Å². The van der Waals surface area contributed by atoms with E-state index in [1.54, 1.807) is 24.3 Å². The zero-order valence-corrected chi connectivity index (χ0v) is 17.8. The zero-order chi connectivity index (χ0) is 21.8. The summed E-state index contributed by atoms with van der Waals surface area (Å²) in [5.74, 6) is 2.16. The van der Waals surface area contributed by atoms with Gasteiger partial charge in [0.1, 0.15) is 23.0 Å². The van der Waals surface area contributed by atoms with Crippen molar-refractivity contribution in [2.75, 3.05) is 13.7 Å². The number of ether oxygens (including phenoxy) is 2. The second-order valence-electron chi connectivity index (χ2n) is 6.58. The normalized spacial score (nSPS) is 11.4. The molecule has 0 N–H and O–H groups in total. The fourth-order valence-corrected chi connectivity index (χ4v) is 4.18. The maximum Gasteiger partial charge on any atom is 0.293 e. The standard InChI is InChI=1S/C22H20N2O6S/c1-3-28-17-6-4-15(5-7-17)21-23-22(30-24-21)20-13-10-18(29-20)14-31(25,26)19-11-8-16(27-2)9-12-19/h4-13H,3,14H2,1-2H3. The van der Waals surface area contributed by atoms with E-state index in [0.29, 0.717) is 23.9 Å². The molecule has 0 bridgehead atoms. The molecule has 4 aromatic rings. The van der Waals surface area contributed by atoms with Crippen molar-refractivity contribution in [3.05, 3.63) is 66.4 Å². The molecule has 0 saturated heterocycles. The summed E-state index contributed by atoms with van der Waals surface area (Å²) in [4.78, 5) is 4.52. The fourth-order valence-electron chi connectivity index (χ4n) is 2.93. The summed E-state index contributed by atoms with van der Waals surface area (Å²) in [5, 5.41) is 3.97. The number of rotatable bonds is 8. The molecular formula is C22H20N2O6S. The van der Waals surface area contributed by atoms with E-state index >= 15 is 0 Å². The summed E-state index contributed by atoms with van der Waals surface area (Å²) >= 11 is 0. The Balaban J connectivity index is 1.50. The maximum atomic E-state index is 12.6. The van der Waals surface area contributed by atoms with Gasteiger partial charge in [-0.25, -0.2) is 8.42 Å². The average Bonchev–Trinajstić information content (AvgIpc) is 3.44. The van der Waals surface area contributed by atoms with E-state index in [4.69, 9.17) is 18.4 Å². The van der Waals surface area contributed by atoms with E-state index in [1.807, 2.05) is 31.2 Å². The van der Waals surface area contributed by atoms with Gasteiger partial charge in [0.05, 0.1) is 18.6 Å². The molecule has 2 aromatic carbocycles. The van der Waals surface area contributed by atoms with Crippen LogP contribution in [0.4, 0.5) is 0 Å². The minimum Gasteiger partial charge on any atom is -0.497 e. The molecule has 0 aliphatic rings. The van der Waals surface area contributed by atoms with E-state index in [2.05, 4.69) is 10.1 Å². The average molecular weight is 440 g/mol. The van der Waals surface area contributed by atoms with Gasteiger partial charge < -0.3 is 18.4 Å². The summed E-state index contributed by atoms with van der Waals surface area (Å²) in [6.45, 7) is 2.50. The van der Waals surface area contributed by atoms with E-state index in [-0.39, 0.29) is 22.3 Å². The van der Waals surface area contributed by atoms with Crippen LogP contribution in [0.15, 0.2) is 74.5 Å². The molecule has 0 unspecified atom stereocenters. The van der Waals surface area contributed by atoms with Gasteiger partial charge in [0, 0.05) is 5.56 Å². The van der Waals surface area contributed by atoms with Crippen LogP contribution in [-0.4, -0.2) is 32.3 Å². The third-order valence-corrected chi connectivity index (χ3v) is 6.13. The molecule has 2 heterocycles. The molecule has 0 spiro atoms. The predicted molar refractivity (Wildman–Crippen MR) is 112 cm³/mol. The van der Waals surface area contributed by atoms with Crippen molar-refractivity contribution < 1.29 is 26.8 Å². The van der Waals surface area contributed by atoms with Crippen LogP contribution in [0.1, 0.15) is 12.7 Å². The molecule has 0 aliphatic carbocycles. The highest BCUT2D eigenvalue weighted by molar-refractivity contribution is 7.90. The molecule has 0 atom stereocenters. The van der Waals surface area contributed by atoms with Gasteiger partial charge in [-0.3, -0.25) is 0 Å². The van der Waals surface area contributed by atoms with Crippen LogP contribution in [0.25, 0.3) is 23.0 Å². The van der Waals surface area contributed by atoms with Crippen molar-refractivity contribution in [1.29, 1.82) is 0 Å². The molecule has 0 fully saturated rings. The first-order valence-corrected chi connectivity index (χ1v) is 11.2. The Bertz CT molecular complexity index is 1260. The highest BCUT2D eigenvalue weighted by atomic mass is 32.2. The smallest absolute Gasteiger partial charge is 0.293 e. The number of aromatic nitrogens is 2. The topological polar surface area (TPSA) is 105 Å². The summed E-state index contributed by atoms with van der Waals surface area (Å²) in [6, 6.07) is 16.7. The van der Waals surface area contributed by atoms with Crippen molar-refractivity contribution in [2.24, 2.45) is 0 Å². The first-order chi connectivity index (χ1) is 15.0. The zero-order valence-electron chi connectivity index (χ0n) is 16.9. The molecule has 2 aromatic heterocycles. The van der Waals surface area contributed by atoms with Gasteiger partial charge in [-0.05, 0) is 67.6 Å². The van der Waals surface area contributed by atoms with Crippen molar-refractivity contribution in [3.8, 4) is 34.5 Å². The molecule has 4 rings (SSSR count). The van der Waals surface area contributed by atoms with E-state index in [0.717, 1.165) is 11.3 Å². The number of hydrogen-bond donors (Lipinski definition) is 0. The van der Waals surface area contributed by atoms with Gasteiger partial charge in [0.15, 0.2) is 15.6 Å². The maximum absolute atomic E-state index is 12.6. The molecule has 0 saturated carbocycles. The lowest BCUT2D eigenvalue weighted by molar-refractivity contribution is 0.340. The monoisotopic (exact) mass is 440 g/mol. The van der Waals surface area contributed by atoms with Crippen LogP contribution < -0.4 is 9.47 Å². The van der Waals surface area contributed by atoms with E-state index in [1.165, 1.54) is 19.2 Å². The molecule has 0 radical (unpaired) electrons. The first-order valence-electron chi connectivity index (χ1n) is 9.51. The van der Waals surface area contributed by atoms with Crippen molar-refractivity contribution in [1.82, 2.24) is 10.1 Å². The third kappa shape index (κ3) is 4.61. The van der Waals surface area contributed by atoms with Gasteiger partial charge in [0.25, 0.3) is 5.89 Å². The minimum atomic E-state index is -3.58. The SMILES string of the molecule is CCOc1ccc(-c2noc(-c3ccc(CS(=O)(=O)c4ccc(OC)cc4)o3)n2)cc1. The van der Waals surface area contributed by atoms with Crippen LogP contribution in [-0.2, 0) is 15.6 Å². The van der Waals surface area contributed by atoms with E-state index < -0.39 is 9.84 Å². The number of benzene rings is 2. The number of nitrogens with zero attached hydrogens (tertiary/aromatic N) is 2. The second-order valence-corrected chi connectivity index (χ2v) is 8.57. The lowest BCUT2D eigenvalue weighted by Gasteiger charge is -2.04. The number of furan rings is 1. The van der Waals surface area contributed by atoms with Crippen LogP contribution in [0.2, 0.25) is 0 Å². The fraction of sp³-hybridized carbons (Fsp3) is 0.182. The van der Waals surface area contributed by atoms with Gasteiger partial charge in [0.2, 0.25) is 5.82 Å². The molecule has 31 heavy (non-hydrogen) atoms. The van der Waals surface area contributed by atoms with Gasteiger partial charge in [-0.15, -0.1) is 0 Å². The molecular weight excluding hydrogens is 420 g/mol. The highest BCUT2D eigenvalue weighted by Crippen LogP contribution is 2.27. The number of methoxy groups -OCH3 is 1. The van der Waals surface area contributed by atoms with Crippen molar-refractivity contribution >= 4 is 9.84 Å². The summed E-state index contributed by atoms with van der Waals surface area (Å²) in [6.07, 6.45) is 0. The van der Waals surface area contributed by atoms with Gasteiger partial charge >= 0.3 is 0 Å². The number of sulfone groups is 1. The van der Waals surface area contributed by atoms with Crippen LogP contribution in [0, 0.1) is 0 Å². The number of hydrogen-bond acceptors (Lipinski definition) is 8. The Morgan fingerprint density at radius 3 is 2.32 bits per heavy atom. The summed E-state index contributed by atoms with van der Waals surface area (Å²) < 4.78 is 46.7. The lowest BCUT2D eigenvalue weighted by Crippen LogP contribution is -2.04. The van der Waals surface area contributed by atoms with Crippen molar-refractivity contribution in [3.63, 3.8) is 0 Å². The molecule has 9 heteroatoms. The Hall–Kier alpha value is -3.59. The molecule has 0 amide bonds. The summed E-state index contributed by atoms with van der Waals surface area (Å²) in [5.41, 5.74) is 0.757.